The summed E-state index contributed by atoms with van der Waals surface area (Å²) in [7, 11) is 0. The third-order valence-corrected chi connectivity index (χ3v) is 4.55. The fraction of sp³-hybridized carbons (Fsp3) is 0.333. The lowest BCUT2D eigenvalue weighted by atomic mass is 10.1. The average Bonchev–Trinajstić information content (AvgIpc) is 3.30. The Balaban J connectivity index is 1.68. The van der Waals surface area contributed by atoms with Crippen LogP contribution in [0.4, 0.5) is 10.5 Å². The summed E-state index contributed by atoms with van der Waals surface area (Å²) in [5, 5.41) is 16.3. The molecule has 9 nitrogen and oxygen atoms in total. The van der Waals surface area contributed by atoms with Gasteiger partial charge in [-0.3, -0.25) is 9.48 Å². The number of hydrogen-bond donors (Lipinski definition) is 2. The van der Waals surface area contributed by atoms with E-state index < -0.39 is 17.5 Å². The summed E-state index contributed by atoms with van der Waals surface area (Å²) in [6.07, 6.45) is 3.40. The highest BCUT2D eigenvalue weighted by atomic mass is 16.4. The standard InChI is InChI=1S/C21H25N5O4/c1-14-6-5-7-15(10-14)18-17(22-13-30-18)19(27)24-16-11-23-25(12-16)8-9-26(20(28)29)21(2,3)4/h5-7,10-13H,8-9H2,1-4H3,(H,24,27)(H,28,29). The van der Waals surface area contributed by atoms with E-state index >= 15 is 0 Å². The van der Waals surface area contributed by atoms with E-state index in [2.05, 4.69) is 15.4 Å². The van der Waals surface area contributed by atoms with Gasteiger partial charge >= 0.3 is 6.09 Å². The van der Waals surface area contributed by atoms with Gasteiger partial charge in [0, 0.05) is 23.8 Å². The lowest BCUT2D eigenvalue weighted by molar-refractivity contribution is 0.0970. The molecule has 1 aromatic carbocycles. The fourth-order valence-electron chi connectivity index (χ4n) is 3.06. The second kappa shape index (κ2) is 8.40. The molecule has 0 fully saturated rings. The molecule has 9 heteroatoms. The number of carbonyl (C=O) groups excluding carboxylic acids is 1. The summed E-state index contributed by atoms with van der Waals surface area (Å²) >= 11 is 0. The van der Waals surface area contributed by atoms with Crippen molar-refractivity contribution < 1.29 is 19.1 Å². The van der Waals surface area contributed by atoms with Crippen LogP contribution in [0.3, 0.4) is 0 Å². The van der Waals surface area contributed by atoms with Crippen LogP contribution in [0.25, 0.3) is 11.3 Å². The van der Waals surface area contributed by atoms with Gasteiger partial charge in [0.05, 0.1) is 18.4 Å². The van der Waals surface area contributed by atoms with Crippen molar-refractivity contribution in [2.75, 3.05) is 11.9 Å². The van der Waals surface area contributed by atoms with Crippen molar-refractivity contribution >= 4 is 17.7 Å². The number of aromatic nitrogens is 3. The molecule has 0 unspecified atom stereocenters. The van der Waals surface area contributed by atoms with E-state index in [1.54, 1.807) is 10.9 Å². The Morgan fingerprint density at radius 3 is 2.73 bits per heavy atom. The zero-order chi connectivity index (χ0) is 21.9. The van der Waals surface area contributed by atoms with Crippen molar-refractivity contribution in [3.63, 3.8) is 0 Å². The summed E-state index contributed by atoms with van der Waals surface area (Å²) in [4.78, 5) is 29.5. The average molecular weight is 411 g/mol. The lowest BCUT2D eigenvalue weighted by Gasteiger charge is -2.33. The Morgan fingerprint density at radius 2 is 2.07 bits per heavy atom. The molecule has 3 aromatic rings. The van der Waals surface area contributed by atoms with Crippen LogP contribution >= 0.6 is 0 Å². The number of rotatable bonds is 6. The summed E-state index contributed by atoms with van der Waals surface area (Å²) < 4.78 is 7.02. The number of amides is 2. The third kappa shape index (κ3) is 4.86. The van der Waals surface area contributed by atoms with E-state index in [1.807, 2.05) is 52.0 Å². The molecule has 0 atom stereocenters. The second-order valence-corrected chi connectivity index (χ2v) is 7.95. The van der Waals surface area contributed by atoms with Crippen LogP contribution in [0.2, 0.25) is 0 Å². The van der Waals surface area contributed by atoms with Crippen LogP contribution in [0, 0.1) is 6.92 Å². The smallest absolute Gasteiger partial charge is 0.407 e. The molecule has 0 saturated carbocycles. The van der Waals surface area contributed by atoms with Crippen LogP contribution in [-0.2, 0) is 6.54 Å². The highest BCUT2D eigenvalue weighted by molar-refractivity contribution is 6.06. The number of carboxylic acid groups (broad SMARTS) is 1. The van der Waals surface area contributed by atoms with Crippen LogP contribution in [-0.4, -0.2) is 48.9 Å². The molecule has 0 aliphatic carbocycles. The van der Waals surface area contributed by atoms with Gasteiger partial charge in [-0.1, -0.05) is 23.8 Å². The predicted molar refractivity (Wildman–Crippen MR) is 111 cm³/mol. The number of anilines is 1. The molecule has 0 radical (unpaired) electrons. The van der Waals surface area contributed by atoms with Gasteiger partial charge in [-0.25, -0.2) is 9.78 Å². The Labute approximate surface area is 174 Å². The minimum Gasteiger partial charge on any atom is -0.465 e. The molecule has 3 rings (SSSR count). The first kappa shape index (κ1) is 21.1. The Kier molecular flexibility index (Phi) is 5.91. The molecule has 0 spiro atoms. The maximum absolute atomic E-state index is 12.7. The van der Waals surface area contributed by atoms with E-state index in [0.717, 1.165) is 11.1 Å². The van der Waals surface area contributed by atoms with Crippen molar-refractivity contribution in [3.8, 4) is 11.3 Å². The van der Waals surface area contributed by atoms with Crippen molar-refractivity contribution in [2.24, 2.45) is 0 Å². The highest BCUT2D eigenvalue weighted by Crippen LogP contribution is 2.24. The Morgan fingerprint density at radius 1 is 1.30 bits per heavy atom. The van der Waals surface area contributed by atoms with E-state index in [9.17, 15) is 14.7 Å². The zero-order valence-corrected chi connectivity index (χ0v) is 17.4. The van der Waals surface area contributed by atoms with Gasteiger partial charge in [0.1, 0.15) is 0 Å². The predicted octanol–water partition coefficient (Wildman–Crippen LogP) is 3.88. The van der Waals surface area contributed by atoms with Gasteiger partial charge in [0.15, 0.2) is 17.8 Å². The topological polar surface area (TPSA) is 113 Å². The summed E-state index contributed by atoms with van der Waals surface area (Å²) in [5.74, 6) is -0.0208. The molecule has 0 saturated heterocycles. The Hall–Kier alpha value is -3.62. The van der Waals surface area contributed by atoms with Gasteiger partial charge in [0.25, 0.3) is 5.91 Å². The first-order valence-corrected chi connectivity index (χ1v) is 9.50. The molecule has 158 valence electrons. The number of nitrogens with zero attached hydrogens (tertiary/aromatic N) is 4. The number of aryl methyl sites for hydroxylation is 1. The number of carbonyl (C=O) groups is 2. The first-order chi connectivity index (χ1) is 14.1. The summed E-state index contributed by atoms with van der Waals surface area (Å²) in [5.41, 5.74) is 1.95. The monoisotopic (exact) mass is 411 g/mol. The van der Waals surface area contributed by atoms with Crippen molar-refractivity contribution in [3.05, 3.63) is 54.3 Å². The molecule has 30 heavy (non-hydrogen) atoms. The van der Waals surface area contributed by atoms with Gasteiger partial charge in [-0.2, -0.15) is 5.10 Å². The highest BCUT2D eigenvalue weighted by Gasteiger charge is 2.25. The quantitative estimate of drug-likeness (QED) is 0.636. The molecular weight excluding hydrogens is 386 g/mol. The normalized spacial score (nSPS) is 11.3. The number of oxazole rings is 1. The zero-order valence-electron chi connectivity index (χ0n) is 17.4. The fourth-order valence-corrected chi connectivity index (χ4v) is 3.06. The molecule has 0 aliphatic heterocycles. The molecule has 2 N–H and O–H groups in total. The summed E-state index contributed by atoms with van der Waals surface area (Å²) in [6, 6.07) is 7.61. The van der Waals surface area contributed by atoms with Gasteiger partial charge in [-0.05, 0) is 33.8 Å². The van der Waals surface area contributed by atoms with Crippen molar-refractivity contribution in [1.29, 1.82) is 0 Å². The molecule has 2 amide bonds. The van der Waals surface area contributed by atoms with Crippen LogP contribution < -0.4 is 5.32 Å². The first-order valence-electron chi connectivity index (χ1n) is 9.50. The number of benzene rings is 1. The van der Waals surface area contributed by atoms with Crippen LogP contribution in [0.5, 0.6) is 0 Å². The van der Waals surface area contributed by atoms with Gasteiger partial charge < -0.3 is 19.7 Å². The lowest BCUT2D eigenvalue weighted by Crippen LogP contribution is -2.46. The number of hydrogen-bond acceptors (Lipinski definition) is 5. The second-order valence-electron chi connectivity index (χ2n) is 7.95. The largest absolute Gasteiger partial charge is 0.465 e. The van der Waals surface area contributed by atoms with Crippen molar-refractivity contribution in [1.82, 2.24) is 19.7 Å². The SMILES string of the molecule is Cc1cccc(-c2ocnc2C(=O)Nc2cnn(CCN(C(=O)O)C(C)(C)C)c2)c1. The third-order valence-electron chi connectivity index (χ3n) is 4.55. The van der Waals surface area contributed by atoms with E-state index in [-0.39, 0.29) is 12.2 Å². The Bertz CT molecular complexity index is 1050. The molecule has 2 aromatic heterocycles. The molecule has 2 heterocycles. The molecule has 0 aliphatic rings. The van der Waals surface area contributed by atoms with E-state index in [4.69, 9.17) is 4.42 Å². The van der Waals surface area contributed by atoms with Crippen molar-refractivity contribution in [2.45, 2.75) is 39.8 Å². The number of nitrogens with one attached hydrogen (secondary N) is 1. The maximum Gasteiger partial charge on any atom is 0.407 e. The van der Waals surface area contributed by atoms with Gasteiger partial charge in [0.2, 0.25) is 0 Å². The summed E-state index contributed by atoms with van der Waals surface area (Å²) in [6.45, 7) is 8.09. The van der Waals surface area contributed by atoms with E-state index in [0.29, 0.717) is 18.0 Å². The van der Waals surface area contributed by atoms with Gasteiger partial charge in [-0.15, -0.1) is 0 Å². The van der Waals surface area contributed by atoms with Crippen LogP contribution in [0.15, 0.2) is 47.5 Å². The molecular formula is C21H25N5O4. The minimum atomic E-state index is -0.988. The van der Waals surface area contributed by atoms with Crippen LogP contribution in [0.1, 0.15) is 36.8 Å². The van der Waals surface area contributed by atoms with E-state index in [1.165, 1.54) is 17.5 Å². The minimum absolute atomic E-state index is 0.179. The molecule has 0 bridgehead atoms. The maximum atomic E-state index is 12.7.